The first-order valence-electron chi connectivity index (χ1n) is 4.70. The van der Waals surface area contributed by atoms with Crippen molar-refractivity contribution in [2.75, 3.05) is 5.32 Å². The van der Waals surface area contributed by atoms with Crippen LogP contribution in [0.4, 0.5) is 15.9 Å². The van der Waals surface area contributed by atoms with Crippen molar-refractivity contribution in [3.8, 4) is 0 Å². The molecule has 2 rings (SSSR count). The van der Waals surface area contributed by atoms with Crippen molar-refractivity contribution in [1.29, 1.82) is 0 Å². The van der Waals surface area contributed by atoms with Crippen LogP contribution in [-0.4, -0.2) is 4.98 Å². The van der Waals surface area contributed by atoms with E-state index in [9.17, 15) is 4.39 Å². The zero-order valence-corrected chi connectivity index (χ0v) is 8.37. The van der Waals surface area contributed by atoms with Crippen molar-refractivity contribution in [3.05, 3.63) is 54.0 Å². The first-order chi connectivity index (χ1) is 7.27. The van der Waals surface area contributed by atoms with Gasteiger partial charge in [0.05, 0.1) is 5.69 Å². The number of aromatic nitrogens is 1. The van der Waals surface area contributed by atoms with Crippen molar-refractivity contribution in [2.45, 2.75) is 6.92 Å². The number of benzene rings is 1. The normalized spacial score (nSPS) is 10.0. The third-order valence-corrected chi connectivity index (χ3v) is 2.14. The lowest BCUT2D eigenvalue weighted by Gasteiger charge is -2.08. The molecule has 0 saturated heterocycles. The molecule has 2 aromatic rings. The van der Waals surface area contributed by atoms with Crippen LogP contribution in [-0.2, 0) is 0 Å². The SMILES string of the molecule is Cc1cccnc1Nc1ccccc1F. The van der Waals surface area contributed by atoms with Gasteiger partial charge in [0, 0.05) is 6.20 Å². The van der Waals surface area contributed by atoms with E-state index in [0.717, 1.165) is 5.56 Å². The Morgan fingerprint density at radius 2 is 1.93 bits per heavy atom. The molecule has 1 aromatic carbocycles. The summed E-state index contributed by atoms with van der Waals surface area (Å²) in [5.41, 5.74) is 1.43. The monoisotopic (exact) mass is 202 g/mol. The maximum absolute atomic E-state index is 13.3. The van der Waals surface area contributed by atoms with E-state index in [4.69, 9.17) is 0 Å². The highest BCUT2D eigenvalue weighted by Gasteiger charge is 2.02. The van der Waals surface area contributed by atoms with Gasteiger partial charge in [-0.2, -0.15) is 0 Å². The third-order valence-electron chi connectivity index (χ3n) is 2.14. The molecule has 0 fully saturated rings. The summed E-state index contributed by atoms with van der Waals surface area (Å²) in [6.45, 7) is 1.93. The fourth-order valence-electron chi connectivity index (χ4n) is 1.31. The maximum Gasteiger partial charge on any atom is 0.146 e. The van der Waals surface area contributed by atoms with Crippen LogP contribution in [0.15, 0.2) is 42.6 Å². The number of halogens is 1. The Kier molecular flexibility index (Phi) is 2.63. The van der Waals surface area contributed by atoms with Crippen LogP contribution >= 0.6 is 0 Å². The van der Waals surface area contributed by atoms with Crippen LogP contribution in [0.2, 0.25) is 0 Å². The minimum absolute atomic E-state index is 0.275. The summed E-state index contributed by atoms with van der Waals surface area (Å²) in [6.07, 6.45) is 1.68. The van der Waals surface area contributed by atoms with E-state index in [-0.39, 0.29) is 5.82 Å². The third kappa shape index (κ3) is 2.13. The van der Waals surface area contributed by atoms with Crippen LogP contribution in [0, 0.1) is 12.7 Å². The zero-order chi connectivity index (χ0) is 10.7. The lowest BCUT2D eigenvalue weighted by molar-refractivity contribution is 0.632. The Balaban J connectivity index is 2.30. The number of rotatable bonds is 2. The molecule has 0 bridgehead atoms. The Labute approximate surface area is 87.8 Å². The number of hydrogen-bond acceptors (Lipinski definition) is 2. The molecule has 0 aliphatic rings. The number of nitrogens with one attached hydrogen (secondary N) is 1. The second-order valence-corrected chi connectivity index (χ2v) is 3.27. The fourth-order valence-corrected chi connectivity index (χ4v) is 1.31. The largest absolute Gasteiger partial charge is 0.338 e. The molecule has 0 spiro atoms. The van der Waals surface area contributed by atoms with Gasteiger partial charge in [-0.1, -0.05) is 18.2 Å². The van der Waals surface area contributed by atoms with Crippen LogP contribution in [0.5, 0.6) is 0 Å². The molecular weight excluding hydrogens is 191 g/mol. The van der Waals surface area contributed by atoms with Gasteiger partial charge in [-0.05, 0) is 30.7 Å². The second-order valence-electron chi connectivity index (χ2n) is 3.27. The molecule has 76 valence electrons. The van der Waals surface area contributed by atoms with Crippen LogP contribution < -0.4 is 5.32 Å². The number of anilines is 2. The van der Waals surface area contributed by atoms with Gasteiger partial charge in [-0.25, -0.2) is 9.37 Å². The van der Waals surface area contributed by atoms with E-state index in [1.54, 1.807) is 24.4 Å². The topological polar surface area (TPSA) is 24.9 Å². The van der Waals surface area contributed by atoms with Crippen LogP contribution in [0.1, 0.15) is 5.56 Å². The van der Waals surface area contributed by atoms with Crippen LogP contribution in [0.3, 0.4) is 0 Å². The number of para-hydroxylation sites is 1. The summed E-state index contributed by atoms with van der Waals surface area (Å²) < 4.78 is 13.3. The van der Waals surface area contributed by atoms with Crippen LogP contribution in [0.25, 0.3) is 0 Å². The van der Waals surface area contributed by atoms with Crippen molar-refractivity contribution in [1.82, 2.24) is 4.98 Å². The molecule has 0 saturated carbocycles. The molecule has 0 amide bonds. The molecule has 1 aromatic heterocycles. The Morgan fingerprint density at radius 1 is 1.13 bits per heavy atom. The molecule has 1 N–H and O–H groups in total. The summed E-state index contributed by atoms with van der Waals surface area (Å²) in [4.78, 5) is 4.14. The Hall–Kier alpha value is -1.90. The number of aryl methyl sites for hydroxylation is 1. The van der Waals surface area contributed by atoms with Crippen molar-refractivity contribution >= 4 is 11.5 Å². The fraction of sp³-hybridized carbons (Fsp3) is 0.0833. The average molecular weight is 202 g/mol. The summed E-state index contributed by atoms with van der Waals surface area (Å²) in [6, 6.07) is 10.3. The summed E-state index contributed by atoms with van der Waals surface area (Å²) in [5.74, 6) is 0.408. The molecule has 0 atom stereocenters. The first kappa shape index (κ1) is 9.65. The smallest absolute Gasteiger partial charge is 0.146 e. The quantitative estimate of drug-likeness (QED) is 0.808. The van der Waals surface area contributed by atoms with Gasteiger partial charge in [-0.15, -0.1) is 0 Å². The van der Waals surface area contributed by atoms with Gasteiger partial charge in [0.15, 0.2) is 0 Å². The molecule has 15 heavy (non-hydrogen) atoms. The number of pyridine rings is 1. The van der Waals surface area contributed by atoms with Gasteiger partial charge in [0.25, 0.3) is 0 Å². The molecule has 0 radical (unpaired) electrons. The standard InChI is InChI=1S/C12H11FN2/c1-9-5-4-8-14-12(9)15-11-7-3-2-6-10(11)13/h2-8H,1H3,(H,14,15). The lowest BCUT2D eigenvalue weighted by atomic mass is 10.2. The number of hydrogen-bond donors (Lipinski definition) is 1. The van der Waals surface area contributed by atoms with Gasteiger partial charge < -0.3 is 5.32 Å². The highest BCUT2D eigenvalue weighted by Crippen LogP contribution is 2.19. The summed E-state index contributed by atoms with van der Waals surface area (Å²) >= 11 is 0. The summed E-state index contributed by atoms with van der Waals surface area (Å²) in [7, 11) is 0. The zero-order valence-electron chi connectivity index (χ0n) is 8.37. The van der Waals surface area contributed by atoms with E-state index >= 15 is 0 Å². The average Bonchev–Trinajstić information content (AvgIpc) is 2.24. The van der Waals surface area contributed by atoms with E-state index in [2.05, 4.69) is 10.3 Å². The second kappa shape index (κ2) is 4.09. The predicted octanol–water partition coefficient (Wildman–Crippen LogP) is 3.27. The van der Waals surface area contributed by atoms with E-state index in [1.807, 2.05) is 19.1 Å². The maximum atomic E-state index is 13.3. The molecule has 0 aliphatic heterocycles. The first-order valence-corrected chi connectivity index (χ1v) is 4.70. The van der Waals surface area contributed by atoms with Gasteiger partial charge in [0.1, 0.15) is 11.6 Å². The molecule has 1 heterocycles. The van der Waals surface area contributed by atoms with Crippen molar-refractivity contribution < 1.29 is 4.39 Å². The van der Waals surface area contributed by atoms with Gasteiger partial charge >= 0.3 is 0 Å². The van der Waals surface area contributed by atoms with Gasteiger partial charge in [0.2, 0.25) is 0 Å². The molecule has 0 unspecified atom stereocenters. The van der Waals surface area contributed by atoms with E-state index in [1.165, 1.54) is 6.07 Å². The Morgan fingerprint density at radius 3 is 2.67 bits per heavy atom. The Bertz CT molecular complexity index is 425. The molecular formula is C12H11FN2. The molecule has 2 nitrogen and oxygen atoms in total. The lowest BCUT2D eigenvalue weighted by Crippen LogP contribution is -1.97. The van der Waals surface area contributed by atoms with Gasteiger partial charge in [-0.3, -0.25) is 0 Å². The highest BCUT2D eigenvalue weighted by molar-refractivity contribution is 5.59. The number of nitrogens with zero attached hydrogens (tertiary/aromatic N) is 1. The van der Waals surface area contributed by atoms with E-state index in [0.29, 0.717) is 11.5 Å². The van der Waals surface area contributed by atoms with Crippen molar-refractivity contribution in [2.24, 2.45) is 0 Å². The van der Waals surface area contributed by atoms with E-state index < -0.39 is 0 Å². The summed E-state index contributed by atoms with van der Waals surface area (Å²) in [5, 5.41) is 2.95. The molecule has 3 heteroatoms. The van der Waals surface area contributed by atoms with Crippen molar-refractivity contribution in [3.63, 3.8) is 0 Å². The molecule has 0 aliphatic carbocycles. The highest BCUT2D eigenvalue weighted by atomic mass is 19.1. The minimum atomic E-state index is -0.275. The predicted molar refractivity (Wildman–Crippen MR) is 58.7 cm³/mol. The minimum Gasteiger partial charge on any atom is -0.338 e.